The van der Waals surface area contributed by atoms with Crippen molar-refractivity contribution in [2.24, 2.45) is 0 Å². The van der Waals surface area contributed by atoms with Gasteiger partial charge in [-0.1, -0.05) is 54.6 Å². The Bertz CT molecular complexity index is 1990. The Labute approximate surface area is 298 Å². The van der Waals surface area contributed by atoms with Gasteiger partial charge in [0.15, 0.2) is 5.82 Å². The summed E-state index contributed by atoms with van der Waals surface area (Å²) in [4.78, 5) is 31.3. The van der Waals surface area contributed by atoms with E-state index in [2.05, 4.69) is 59.3 Å². The molecule has 3 aromatic carbocycles. The lowest BCUT2D eigenvalue weighted by molar-refractivity contribution is -0.711. The van der Waals surface area contributed by atoms with Crippen LogP contribution >= 0.6 is 35.2 Å². The Hall–Kier alpha value is -3.61. The highest BCUT2D eigenvalue weighted by molar-refractivity contribution is 14.1. The summed E-state index contributed by atoms with van der Waals surface area (Å²) in [5.74, 6) is 1.57. The van der Waals surface area contributed by atoms with Crippen molar-refractivity contribution in [2.75, 3.05) is 37.6 Å². The maximum atomic E-state index is 13.6. The minimum atomic E-state index is -1.63. The van der Waals surface area contributed by atoms with Crippen LogP contribution in [0.5, 0.6) is 5.75 Å². The van der Waals surface area contributed by atoms with Crippen LogP contribution in [0.4, 0.5) is 5.82 Å². The molecule has 48 heavy (non-hydrogen) atoms. The maximum Gasteiger partial charge on any atom is 0.299 e. The molecule has 5 aromatic rings. The number of piperazine rings is 1. The number of halogens is 1. The van der Waals surface area contributed by atoms with Crippen molar-refractivity contribution in [1.82, 2.24) is 23.1 Å². The lowest BCUT2D eigenvalue weighted by Crippen LogP contribution is -2.48. The van der Waals surface area contributed by atoms with Gasteiger partial charge in [0, 0.05) is 74.9 Å². The number of fused-ring (bicyclic) bond motifs is 2. The third-order valence-electron chi connectivity index (χ3n) is 8.68. The van der Waals surface area contributed by atoms with Crippen LogP contribution in [-0.2, 0) is 33.0 Å². The average Bonchev–Trinajstić information content (AvgIpc) is 3.43. The molecule has 1 fully saturated rings. The lowest BCUT2D eigenvalue weighted by atomic mass is 10.0. The molecule has 7 rings (SSSR count). The van der Waals surface area contributed by atoms with Crippen molar-refractivity contribution in [2.45, 2.75) is 31.3 Å². The van der Waals surface area contributed by atoms with E-state index < -0.39 is 16.1 Å². The van der Waals surface area contributed by atoms with Crippen LogP contribution in [0, 0.1) is 17.0 Å². The van der Waals surface area contributed by atoms with Gasteiger partial charge in [0.05, 0.1) is 16.1 Å². The molecular weight excluding hydrogens is 765 g/mol. The predicted octanol–water partition coefficient (Wildman–Crippen LogP) is 6.16. The molecule has 2 aromatic heterocycles. The minimum Gasteiger partial charge on any atom is -0.354 e. The average molecular weight is 798 g/mol. The van der Waals surface area contributed by atoms with Crippen molar-refractivity contribution in [1.29, 1.82) is 0 Å². The molecule has 0 aliphatic carbocycles. The summed E-state index contributed by atoms with van der Waals surface area (Å²) in [5.41, 5.74) is 6.54. The van der Waals surface area contributed by atoms with Gasteiger partial charge in [-0.3, -0.25) is 13.7 Å². The van der Waals surface area contributed by atoms with Gasteiger partial charge < -0.3 is 4.90 Å². The zero-order valence-electron chi connectivity index (χ0n) is 26.0. The zero-order valence-corrected chi connectivity index (χ0v) is 29.8. The summed E-state index contributed by atoms with van der Waals surface area (Å²) in [6.45, 7) is 6.65. The molecule has 0 N–H and O–H groups in total. The second-order valence-electron chi connectivity index (χ2n) is 11.6. The quantitative estimate of drug-likeness (QED) is 0.0704. The van der Waals surface area contributed by atoms with E-state index in [1.54, 1.807) is 18.2 Å². The normalized spacial score (nSPS) is 16.2. The summed E-state index contributed by atoms with van der Waals surface area (Å²) in [5, 5.41) is 11.3. The summed E-state index contributed by atoms with van der Waals surface area (Å²) in [6, 6.07) is 23.1. The fourth-order valence-electron chi connectivity index (χ4n) is 6.49. The lowest BCUT2D eigenvalue weighted by Gasteiger charge is -2.37. The van der Waals surface area contributed by atoms with Gasteiger partial charge in [-0.2, -0.15) is 0 Å². The van der Waals surface area contributed by atoms with Crippen LogP contribution in [0.3, 0.4) is 0 Å². The molecule has 2 aliphatic heterocycles. The highest BCUT2D eigenvalue weighted by Gasteiger charge is 2.30. The van der Waals surface area contributed by atoms with E-state index in [0.717, 1.165) is 65.2 Å². The van der Waals surface area contributed by atoms with Crippen LogP contribution in [0.15, 0.2) is 83.9 Å². The molecule has 0 spiro atoms. The number of benzene rings is 3. The Morgan fingerprint density at radius 2 is 1.75 bits per heavy atom. The SMILES string of the molecule is Cc1cn(SOI)c2cccc(-c3nc4c(c(N5CCN(S(=O)c6ccccc6O[N+](=O)[O-])CC5)n3)CN(Cc3ccccc3)CC4)c12. The first-order valence-electron chi connectivity index (χ1n) is 15.5. The summed E-state index contributed by atoms with van der Waals surface area (Å²) >= 11 is 3.14. The number of aryl methyl sites for hydroxylation is 1. The van der Waals surface area contributed by atoms with E-state index in [0.29, 0.717) is 32.0 Å². The van der Waals surface area contributed by atoms with Crippen molar-refractivity contribution < 1.29 is 16.6 Å². The Balaban J connectivity index is 1.22. The third-order valence-corrected chi connectivity index (χ3v) is 11.2. The molecule has 0 saturated carbocycles. The van der Waals surface area contributed by atoms with Crippen molar-refractivity contribution in [3.05, 3.63) is 111 Å². The molecule has 0 amide bonds. The highest BCUT2D eigenvalue weighted by Crippen LogP contribution is 2.37. The molecule has 1 saturated heterocycles. The number of aromatic nitrogens is 3. The molecule has 15 heteroatoms. The highest BCUT2D eigenvalue weighted by atomic mass is 127. The van der Waals surface area contributed by atoms with Gasteiger partial charge in [0.25, 0.3) is 5.09 Å². The fraction of sp³-hybridized carbons (Fsp3) is 0.273. The summed E-state index contributed by atoms with van der Waals surface area (Å²) < 4.78 is 22.8. The largest absolute Gasteiger partial charge is 0.354 e. The predicted molar refractivity (Wildman–Crippen MR) is 194 cm³/mol. The second kappa shape index (κ2) is 14.5. The van der Waals surface area contributed by atoms with E-state index >= 15 is 0 Å². The number of anilines is 1. The molecule has 2 aliphatic rings. The molecule has 1 unspecified atom stereocenters. The van der Waals surface area contributed by atoms with Crippen LogP contribution < -0.4 is 9.74 Å². The van der Waals surface area contributed by atoms with Crippen molar-refractivity contribution in [3.8, 4) is 17.1 Å². The van der Waals surface area contributed by atoms with Gasteiger partial charge in [0.1, 0.15) is 57.8 Å². The van der Waals surface area contributed by atoms with Gasteiger partial charge in [0.2, 0.25) is 0 Å². The van der Waals surface area contributed by atoms with E-state index in [-0.39, 0.29) is 10.6 Å². The molecular formula is C33H32IN7O5S2. The third kappa shape index (κ3) is 6.79. The first-order chi connectivity index (χ1) is 23.4. The Morgan fingerprint density at radius 1 is 0.979 bits per heavy atom. The van der Waals surface area contributed by atoms with Gasteiger partial charge in [-0.15, -0.1) is 10.1 Å². The van der Waals surface area contributed by atoms with Crippen LogP contribution in [0.1, 0.15) is 22.4 Å². The van der Waals surface area contributed by atoms with E-state index in [4.69, 9.17) is 17.3 Å². The first-order valence-corrected chi connectivity index (χ1v) is 18.1. The number of hydrogen-bond donors (Lipinski definition) is 0. The molecule has 0 radical (unpaired) electrons. The topological polar surface area (TPSA) is 119 Å². The van der Waals surface area contributed by atoms with Crippen molar-refractivity contribution >= 4 is 62.9 Å². The van der Waals surface area contributed by atoms with E-state index in [9.17, 15) is 14.3 Å². The maximum absolute atomic E-state index is 13.6. The van der Waals surface area contributed by atoms with E-state index in [1.165, 1.54) is 23.9 Å². The monoisotopic (exact) mass is 797 g/mol. The van der Waals surface area contributed by atoms with Crippen LogP contribution in [0.2, 0.25) is 0 Å². The van der Waals surface area contributed by atoms with E-state index in [1.807, 2.05) is 43.4 Å². The molecule has 4 heterocycles. The number of hydrogen-bond acceptors (Lipinski definition) is 10. The second-order valence-corrected chi connectivity index (χ2v) is 14.8. The van der Waals surface area contributed by atoms with Crippen LogP contribution in [0.25, 0.3) is 22.3 Å². The zero-order chi connectivity index (χ0) is 33.2. The number of rotatable bonds is 10. The minimum absolute atomic E-state index is 0.0157. The molecule has 248 valence electrons. The smallest absolute Gasteiger partial charge is 0.299 e. The summed E-state index contributed by atoms with van der Waals surface area (Å²) in [6.07, 6.45) is 2.86. The van der Waals surface area contributed by atoms with Crippen LogP contribution in [-0.4, -0.2) is 65.2 Å². The number of para-hydroxylation sites is 1. The summed E-state index contributed by atoms with van der Waals surface area (Å²) in [7, 11) is -1.63. The Kier molecular flexibility index (Phi) is 9.93. The molecule has 12 nitrogen and oxygen atoms in total. The molecule has 0 bridgehead atoms. The standard InChI is InChI=1S/C33H32IN7O5S2/c1-23-20-40(47-46-34)28-11-7-10-25(31(23)28)32-35-27-14-15-37(21-24-8-3-2-4-9-24)22-26(27)33(36-32)38-16-18-39(19-17-38)48(44)30-13-6-5-12-29(30)45-41(42)43/h2-13,20H,14-19,21-22H2,1H3. The van der Waals surface area contributed by atoms with Gasteiger partial charge >= 0.3 is 0 Å². The number of nitrogens with zero attached hydrogens (tertiary/aromatic N) is 7. The Morgan fingerprint density at radius 3 is 2.52 bits per heavy atom. The van der Waals surface area contributed by atoms with Gasteiger partial charge in [-0.05, 0) is 36.2 Å². The first kappa shape index (κ1) is 32.9. The van der Waals surface area contributed by atoms with Crippen molar-refractivity contribution in [3.63, 3.8) is 0 Å². The molecule has 1 atom stereocenters. The van der Waals surface area contributed by atoms with Gasteiger partial charge in [-0.25, -0.2) is 21.0 Å². The fourth-order valence-corrected chi connectivity index (χ4v) is 8.75.